The Kier molecular flexibility index (Phi) is 4.37. The fraction of sp³-hybridized carbons (Fsp3) is 0.111. The normalized spacial score (nSPS) is 10.7. The number of aryl methyl sites for hydroxylation is 1. The van der Waals surface area contributed by atoms with Gasteiger partial charge in [0.15, 0.2) is 11.5 Å². The summed E-state index contributed by atoms with van der Waals surface area (Å²) in [6.45, 7) is 1.46. The van der Waals surface area contributed by atoms with E-state index >= 15 is 0 Å². The largest absolute Gasteiger partial charge is 0.320 e. The molecule has 3 rings (SSSR count). The van der Waals surface area contributed by atoms with Crippen LogP contribution in [0, 0.1) is 0 Å². The highest BCUT2D eigenvalue weighted by Gasteiger charge is 2.17. The second-order valence-electron chi connectivity index (χ2n) is 5.55. The molecule has 0 atom stereocenters. The van der Waals surface area contributed by atoms with Crippen molar-refractivity contribution >= 4 is 39.9 Å². The number of rotatable bonds is 3. The molecular weight excluding hydrogens is 342 g/mol. The molecule has 3 aromatic rings. The molecule has 0 aliphatic carbocycles. The predicted molar refractivity (Wildman–Crippen MR) is 96.4 cm³/mol. The van der Waals surface area contributed by atoms with Crippen molar-refractivity contribution in [1.29, 1.82) is 0 Å². The van der Waals surface area contributed by atoms with Gasteiger partial charge in [-0.2, -0.15) is 5.10 Å². The molecule has 25 heavy (non-hydrogen) atoms. The van der Waals surface area contributed by atoms with Crippen LogP contribution in [0.1, 0.15) is 27.8 Å². The highest BCUT2D eigenvalue weighted by Crippen LogP contribution is 2.16. The molecule has 1 heterocycles. The molecule has 1 amide bonds. The minimum absolute atomic E-state index is 0.0696. The molecule has 126 valence electrons. The Hall–Kier alpha value is -2.99. The Morgan fingerprint density at radius 3 is 2.44 bits per heavy atom. The van der Waals surface area contributed by atoms with Gasteiger partial charge < -0.3 is 5.32 Å². The maximum absolute atomic E-state index is 12.6. The number of carbonyl (C=O) groups is 2. The van der Waals surface area contributed by atoms with Crippen LogP contribution in [-0.2, 0) is 7.05 Å². The molecule has 7 heteroatoms. The van der Waals surface area contributed by atoms with Crippen LogP contribution in [0.2, 0.25) is 5.02 Å². The molecule has 0 saturated heterocycles. The maximum atomic E-state index is 12.6. The monoisotopic (exact) mass is 355 g/mol. The lowest BCUT2D eigenvalue weighted by Crippen LogP contribution is -2.26. The fourth-order valence-electron chi connectivity index (χ4n) is 2.48. The highest BCUT2D eigenvalue weighted by molar-refractivity contribution is 6.31. The number of nitrogens with zero attached hydrogens (tertiary/aromatic N) is 2. The van der Waals surface area contributed by atoms with Gasteiger partial charge >= 0.3 is 0 Å². The Labute approximate surface area is 148 Å². The van der Waals surface area contributed by atoms with Crippen LogP contribution >= 0.6 is 11.6 Å². The van der Waals surface area contributed by atoms with Gasteiger partial charge in [-0.15, -0.1) is 0 Å². The topological polar surface area (TPSA) is 81.1 Å². The zero-order valence-corrected chi connectivity index (χ0v) is 14.3. The summed E-state index contributed by atoms with van der Waals surface area (Å²) in [4.78, 5) is 36.3. The van der Waals surface area contributed by atoms with E-state index in [0.717, 1.165) is 0 Å². The van der Waals surface area contributed by atoms with E-state index < -0.39 is 11.3 Å². The van der Waals surface area contributed by atoms with Gasteiger partial charge in [0.25, 0.3) is 5.91 Å². The number of carbonyl (C=O) groups excluding carboxylic acids is 2. The predicted octanol–water partition coefficient (Wildman–Crippen LogP) is 3.04. The molecule has 0 bridgehead atoms. The Bertz CT molecular complexity index is 1060. The number of hydrogen-bond acceptors (Lipinski definition) is 4. The average molecular weight is 356 g/mol. The van der Waals surface area contributed by atoms with E-state index in [1.807, 2.05) is 0 Å². The summed E-state index contributed by atoms with van der Waals surface area (Å²) in [5.74, 6) is -0.696. The van der Waals surface area contributed by atoms with Crippen molar-refractivity contribution in [2.45, 2.75) is 6.92 Å². The first kappa shape index (κ1) is 16.9. The van der Waals surface area contributed by atoms with Crippen molar-refractivity contribution in [1.82, 2.24) is 9.78 Å². The molecule has 1 N–H and O–H groups in total. The summed E-state index contributed by atoms with van der Waals surface area (Å²) >= 11 is 5.95. The number of benzene rings is 2. The molecule has 2 aromatic carbocycles. The van der Waals surface area contributed by atoms with Crippen molar-refractivity contribution in [2.75, 3.05) is 5.32 Å². The summed E-state index contributed by atoms with van der Waals surface area (Å²) in [5.41, 5.74) is 0.857. The number of aromatic nitrogens is 2. The lowest BCUT2D eigenvalue weighted by Gasteiger charge is -2.09. The number of hydrogen-bond donors (Lipinski definition) is 1. The zero-order chi connectivity index (χ0) is 18.1. The summed E-state index contributed by atoms with van der Waals surface area (Å²) in [6, 6.07) is 11.2. The zero-order valence-electron chi connectivity index (χ0n) is 13.5. The van der Waals surface area contributed by atoms with E-state index in [9.17, 15) is 14.4 Å². The van der Waals surface area contributed by atoms with E-state index in [4.69, 9.17) is 11.6 Å². The first-order valence-corrected chi connectivity index (χ1v) is 7.83. The summed E-state index contributed by atoms with van der Waals surface area (Å²) in [5, 5.41) is 7.41. The summed E-state index contributed by atoms with van der Waals surface area (Å²) in [6.07, 6.45) is 0. The third-order valence-electron chi connectivity index (χ3n) is 3.78. The molecule has 1 aromatic heterocycles. The lowest BCUT2D eigenvalue weighted by molar-refractivity contribution is 0.101. The molecule has 0 aliphatic rings. The van der Waals surface area contributed by atoms with Gasteiger partial charge in [-0.25, -0.2) is 0 Å². The van der Waals surface area contributed by atoms with Crippen LogP contribution in [0.5, 0.6) is 0 Å². The number of ketones is 1. The Morgan fingerprint density at radius 1 is 1.12 bits per heavy atom. The number of nitrogens with one attached hydrogen (secondary N) is 1. The standard InChI is InChI=1S/C18H14ClN3O3/c1-10(23)11-3-6-13(7-4-11)20-18(25)16-17(24)14-9-12(19)5-8-15(14)22(2)21-16/h3-9H,1-2H3,(H,20,25). The van der Waals surface area contributed by atoms with E-state index in [2.05, 4.69) is 10.4 Å². The maximum Gasteiger partial charge on any atom is 0.280 e. The Balaban J connectivity index is 1.98. The highest BCUT2D eigenvalue weighted by atomic mass is 35.5. The van der Waals surface area contributed by atoms with Crippen LogP contribution in [0.25, 0.3) is 10.9 Å². The van der Waals surface area contributed by atoms with Crippen LogP contribution < -0.4 is 10.7 Å². The molecule has 0 saturated carbocycles. The molecule has 6 nitrogen and oxygen atoms in total. The second-order valence-corrected chi connectivity index (χ2v) is 5.99. The van der Waals surface area contributed by atoms with Gasteiger partial charge in [0, 0.05) is 23.3 Å². The first-order valence-electron chi connectivity index (χ1n) is 7.46. The van der Waals surface area contributed by atoms with E-state index in [-0.39, 0.29) is 11.5 Å². The van der Waals surface area contributed by atoms with Gasteiger partial charge in [0.2, 0.25) is 5.43 Å². The quantitative estimate of drug-likeness (QED) is 0.732. The molecule has 0 aliphatic heterocycles. The van der Waals surface area contributed by atoms with Gasteiger partial charge in [-0.1, -0.05) is 11.6 Å². The Morgan fingerprint density at radius 2 is 1.80 bits per heavy atom. The number of amides is 1. The first-order chi connectivity index (χ1) is 11.9. The third kappa shape index (κ3) is 3.29. The van der Waals surface area contributed by atoms with Gasteiger partial charge in [0.1, 0.15) is 0 Å². The van der Waals surface area contributed by atoms with Gasteiger partial charge in [-0.05, 0) is 49.4 Å². The third-order valence-corrected chi connectivity index (χ3v) is 4.02. The number of Topliss-reactive ketones (excluding diaryl/α,β-unsaturated/α-hetero) is 1. The van der Waals surface area contributed by atoms with Crippen molar-refractivity contribution < 1.29 is 9.59 Å². The molecule has 0 spiro atoms. The molecular formula is C18H14ClN3O3. The van der Waals surface area contributed by atoms with Crippen molar-refractivity contribution in [3.63, 3.8) is 0 Å². The van der Waals surface area contributed by atoms with E-state index in [0.29, 0.717) is 27.2 Å². The van der Waals surface area contributed by atoms with Crippen LogP contribution in [-0.4, -0.2) is 21.5 Å². The minimum atomic E-state index is -0.627. The second kappa shape index (κ2) is 6.49. The number of anilines is 1. The summed E-state index contributed by atoms with van der Waals surface area (Å²) in [7, 11) is 1.65. The molecule has 0 fully saturated rings. The molecule has 0 radical (unpaired) electrons. The number of halogens is 1. The van der Waals surface area contributed by atoms with Crippen LogP contribution in [0.15, 0.2) is 47.3 Å². The summed E-state index contributed by atoms with van der Waals surface area (Å²) < 4.78 is 1.46. The van der Waals surface area contributed by atoms with Gasteiger partial charge in [-0.3, -0.25) is 19.1 Å². The minimum Gasteiger partial charge on any atom is -0.320 e. The van der Waals surface area contributed by atoms with Crippen molar-refractivity contribution in [3.8, 4) is 0 Å². The van der Waals surface area contributed by atoms with Crippen molar-refractivity contribution in [2.24, 2.45) is 7.05 Å². The van der Waals surface area contributed by atoms with Gasteiger partial charge in [0.05, 0.1) is 10.9 Å². The van der Waals surface area contributed by atoms with Crippen LogP contribution in [0.4, 0.5) is 5.69 Å². The van der Waals surface area contributed by atoms with Crippen LogP contribution in [0.3, 0.4) is 0 Å². The smallest absolute Gasteiger partial charge is 0.280 e. The van der Waals surface area contributed by atoms with E-state index in [1.54, 1.807) is 43.4 Å². The lowest BCUT2D eigenvalue weighted by atomic mass is 10.1. The average Bonchev–Trinajstić information content (AvgIpc) is 2.58. The number of fused-ring (bicyclic) bond motifs is 1. The fourth-order valence-corrected chi connectivity index (χ4v) is 2.65. The molecule has 0 unspecified atom stereocenters. The van der Waals surface area contributed by atoms with E-state index in [1.165, 1.54) is 17.7 Å². The SMILES string of the molecule is CC(=O)c1ccc(NC(=O)c2nn(C)c3ccc(Cl)cc3c2=O)cc1. The van der Waals surface area contributed by atoms with Crippen molar-refractivity contribution in [3.05, 3.63) is 69.0 Å².